The molecule has 3 rings (SSSR count). The van der Waals surface area contributed by atoms with Gasteiger partial charge in [0.05, 0.1) is 11.7 Å². The number of aromatic nitrogens is 2. The number of benzene rings is 2. The molecule has 3 aromatic rings. The highest BCUT2D eigenvalue weighted by molar-refractivity contribution is 5.93. The normalized spacial score (nSPS) is 12.4. The van der Waals surface area contributed by atoms with Crippen LogP contribution < -0.4 is 5.32 Å². The van der Waals surface area contributed by atoms with Crippen molar-refractivity contribution in [1.82, 2.24) is 15.3 Å². The molecule has 0 aliphatic carbocycles. The molecule has 1 amide bonds. The van der Waals surface area contributed by atoms with Gasteiger partial charge in [0, 0.05) is 24.5 Å². The summed E-state index contributed by atoms with van der Waals surface area (Å²) in [6, 6.07) is 17.4. The molecule has 0 aliphatic heterocycles. The first-order valence-corrected chi connectivity index (χ1v) is 9.29. The molecule has 2 aromatic carbocycles. The number of carbonyl (C=O) groups is 1. The Morgan fingerprint density at radius 2 is 1.61 bits per heavy atom. The second kappa shape index (κ2) is 8.31. The number of aliphatic hydroxyl groups excluding tert-OH is 1. The van der Waals surface area contributed by atoms with Crippen molar-refractivity contribution in [3.63, 3.8) is 0 Å². The first-order chi connectivity index (χ1) is 13.3. The fourth-order valence-electron chi connectivity index (χ4n) is 2.80. The third kappa shape index (κ3) is 4.81. The van der Waals surface area contributed by atoms with E-state index in [1.54, 1.807) is 0 Å². The van der Waals surface area contributed by atoms with Gasteiger partial charge in [-0.1, -0.05) is 75.4 Å². The third-order valence-corrected chi connectivity index (χ3v) is 4.56. The highest BCUT2D eigenvalue weighted by atomic mass is 16.3. The summed E-state index contributed by atoms with van der Waals surface area (Å²) in [4.78, 5) is 20.8. The smallest absolute Gasteiger partial charge is 0.254 e. The molecule has 144 valence electrons. The summed E-state index contributed by atoms with van der Waals surface area (Å²) in [5.74, 6) is 0.251. The van der Waals surface area contributed by atoms with E-state index in [4.69, 9.17) is 0 Å². The minimum absolute atomic E-state index is 0.0591. The highest BCUT2D eigenvalue weighted by Crippen LogP contribution is 2.23. The number of aliphatic hydroxyl groups is 1. The largest absolute Gasteiger partial charge is 0.387 e. The lowest BCUT2D eigenvalue weighted by Gasteiger charge is -2.20. The van der Waals surface area contributed by atoms with E-state index in [1.807, 2.05) is 54.6 Å². The molecule has 0 saturated heterocycles. The Labute approximate surface area is 165 Å². The van der Waals surface area contributed by atoms with Crippen LogP contribution in [0.4, 0.5) is 0 Å². The van der Waals surface area contributed by atoms with Crippen LogP contribution in [0.15, 0.2) is 67.0 Å². The minimum Gasteiger partial charge on any atom is -0.387 e. The van der Waals surface area contributed by atoms with Gasteiger partial charge >= 0.3 is 0 Å². The Morgan fingerprint density at radius 3 is 2.18 bits per heavy atom. The number of rotatable bonds is 5. The Bertz CT molecular complexity index is 915. The van der Waals surface area contributed by atoms with Gasteiger partial charge in [0.15, 0.2) is 5.82 Å². The van der Waals surface area contributed by atoms with Crippen molar-refractivity contribution in [3.05, 3.63) is 83.7 Å². The van der Waals surface area contributed by atoms with Gasteiger partial charge < -0.3 is 10.4 Å². The summed E-state index contributed by atoms with van der Waals surface area (Å²) in [5, 5.41) is 13.1. The van der Waals surface area contributed by atoms with Crippen LogP contribution in [0, 0.1) is 0 Å². The molecule has 5 heteroatoms. The lowest BCUT2D eigenvalue weighted by molar-refractivity contribution is 0.0915. The number of nitrogens with one attached hydrogen (secondary N) is 1. The van der Waals surface area contributed by atoms with Gasteiger partial charge in [0.1, 0.15) is 0 Å². The molecule has 0 spiro atoms. The predicted octanol–water partition coefficient (Wildman–Crippen LogP) is 3.90. The Kier molecular flexibility index (Phi) is 5.85. The standard InChI is InChI=1S/C23H25N3O2/c1-23(2,3)19-11-9-16(10-12-19)20(27)15-26-22(28)18-13-24-21(25-14-18)17-7-5-4-6-8-17/h4-14,20,27H,15H2,1-3H3,(H,26,28). The van der Waals surface area contributed by atoms with Gasteiger partial charge in [-0.2, -0.15) is 0 Å². The highest BCUT2D eigenvalue weighted by Gasteiger charge is 2.15. The van der Waals surface area contributed by atoms with Crippen LogP contribution >= 0.6 is 0 Å². The molecular weight excluding hydrogens is 350 g/mol. The van der Waals surface area contributed by atoms with Crippen LogP contribution in [0.5, 0.6) is 0 Å². The molecule has 2 N–H and O–H groups in total. The zero-order valence-electron chi connectivity index (χ0n) is 16.4. The molecule has 0 aliphatic rings. The summed E-state index contributed by atoms with van der Waals surface area (Å²) >= 11 is 0. The molecule has 0 bridgehead atoms. The molecular formula is C23H25N3O2. The topological polar surface area (TPSA) is 75.1 Å². The van der Waals surface area contributed by atoms with Crippen molar-refractivity contribution in [2.45, 2.75) is 32.3 Å². The predicted molar refractivity (Wildman–Crippen MR) is 110 cm³/mol. The van der Waals surface area contributed by atoms with E-state index in [0.29, 0.717) is 11.4 Å². The molecule has 28 heavy (non-hydrogen) atoms. The molecule has 0 radical (unpaired) electrons. The zero-order chi connectivity index (χ0) is 20.1. The van der Waals surface area contributed by atoms with E-state index in [1.165, 1.54) is 18.0 Å². The average Bonchev–Trinajstić information content (AvgIpc) is 2.72. The van der Waals surface area contributed by atoms with Crippen molar-refractivity contribution >= 4 is 5.91 Å². The number of hydrogen-bond donors (Lipinski definition) is 2. The summed E-state index contributed by atoms with van der Waals surface area (Å²) in [6.45, 7) is 6.55. The number of hydrogen-bond acceptors (Lipinski definition) is 4. The second-order valence-electron chi connectivity index (χ2n) is 7.76. The lowest BCUT2D eigenvalue weighted by atomic mass is 9.86. The molecule has 1 heterocycles. The summed E-state index contributed by atoms with van der Waals surface area (Å²) in [6.07, 6.45) is 2.21. The van der Waals surface area contributed by atoms with E-state index in [-0.39, 0.29) is 17.9 Å². The fourth-order valence-corrected chi connectivity index (χ4v) is 2.80. The second-order valence-corrected chi connectivity index (χ2v) is 7.76. The molecule has 1 unspecified atom stereocenters. The van der Waals surface area contributed by atoms with E-state index in [2.05, 4.69) is 36.1 Å². The molecule has 1 atom stereocenters. The summed E-state index contributed by atoms with van der Waals surface area (Å²) in [7, 11) is 0. The van der Waals surface area contributed by atoms with Gasteiger partial charge in [0.2, 0.25) is 0 Å². The number of carbonyl (C=O) groups excluding carboxylic acids is 1. The maximum absolute atomic E-state index is 12.3. The fraction of sp³-hybridized carbons (Fsp3) is 0.261. The third-order valence-electron chi connectivity index (χ3n) is 4.56. The molecule has 1 aromatic heterocycles. The van der Waals surface area contributed by atoms with E-state index >= 15 is 0 Å². The van der Waals surface area contributed by atoms with Gasteiger partial charge in [-0.3, -0.25) is 4.79 Å². The van der Waals surface area contributed by atoms with Crippen molar-refractivity contribution in [1.29, 1.82) is 0 Å². The maximum Gasteiger partial charge on any atom is 0.254 e. The monoisotopic (exact) mass is 375 g/mol. The Hall–Kier alpha value is -3.05. The SMILES string of the molecule is CC(C)(C)c1ccc(C(O)CNC(=O)c2cnc(-c3ccccc3)nc2)cc1. The quantitative estimate of drug-likeness (QED) is 0.709. The minimum atomic E-state index is -0.775. The van der Waals surface area contributed by atoms with Crippen molar-refractivity contribution in [2.75, 3.05) is 6.54 Å². The van der Waals surface area contributed by atoms with Crippen LogP contribution in [0.2, 0.25) is 0 Å². The van der Waals surface area contributed by atoms with Gasteiger partial charge in [-0.05, 0) is 16.5 Å². The molecule has 0 fully saturated rings. The average molecular weight is 375 g/mol. The summed E-state index contributed by atoms with van der Waals surface area (Å²) in [5.41, 5.74) is 3.27. The zero-order valence-corrected chi connectivity index (χ0v) is 16.4. The lowest BCUT2D eigenvalue weighted by Crippen LogP contribution is -2.28. The first kappa shape index (κ1) is 19.7. The molecule has 5 nitrogen and oxygen atoms in total. The first-order valence-electron chi connectivity index (χ1n) is 9.29. The van der Waals surface area contributed by atoms with Crippen LogP contribution in [-0.4, -0.2) is 27.5 Å². The van der Waals surface area contributed by atoms with Crippen molar-refractivity contribution < 1.29 is 9.90 Å². The summed E-state index contributed by atoms with van der Waals surface area (Å²) < 4.78 is 0. The van der Waals surface area contributed by atoms with Crippen LogP contribution in [0.25, 0.3) is 11.4 Å². The van der Waals surface area contributed by atoms with E-state index in [9.17, 15) is 9.90 Å². The van der Waals surface area contributed by atoms with Gasteiger partial charge in [-0.25, -0.2) is 9.97 Å². The van der Waals surface area contributed by atoms with Crippen LogP contribution in [-0.2, 0) is 5.41 Å². The van der Waals surface area contributed by atoms with Gasteiger partial charge in [0.25, 0.3) is 5.91 Å². The van der Waals surface area contributed by atoms with Crippen molar-refractivity contribution in [3.8, 4) is 11.4 Å². The molecule has 0 saturated carbocycles. The number of nitrogens with zero attached hydrogens (tertiary/aromatic N) is 2. The maximum atomic E-state index is 12.3. The van der Waals surface area contributed by atoms with Crippen LogP contribution in [0.3, 0.4) is 0 Å². The van der Waals surface area contributed by atoms with E-state index < -0.39 is 6.10 Å². The Balaban J connectivity index is 1.59. The van der Waals surface area contributed by atoms with E-state index in [0.717, 1.165) is 11.1 Å². The van der Waals surface area contributed by atoms with Crippen molar-refractivity contribution in [2.24, 2.45) is 0 Å². The Morgan fingerprint density at radius 1 is 1.00 bits per heavy atom. The van der Waals surface area contributed by atoms with Gasteiger partial charge in [-0.15, -0.1) is 0 Å². The number of amides is 1. The van der Waals surface area contributed by atoms with Crippen LogP contribution in [0.1, 0.15) is 48.4 Å².